The van der Waals surface area contributed by atoms with Crippen LogP contribution in [0.15, 0.2) is 11.6 Å². The lowest BCUT2D eigenvalue weighted by Gasteiger charge is -2.60. The van der Waals surface area contributed by atoms with Gasteiger partial charge >= 0.3 is 5.97 Å². The van der Waals surface area contributed by atoms with E-state index in [1.807, 2.05) is 0 Å². The Morgan fingerprint density at radius 3 is 2.78 bits per heavy atom. The van der Waals surface area contributed by atoms with E-state index < -0.39 is 5.97 Å². The van der Waals surface area contributed by atoms with Crippen molar-refractivity contribution in [3.63, 3.8) is 0 Å². The van der Waals surface area contributed by atoms with Crippen LogP contribution in [0.5, 0.6) is 0 Å². The van der Waals surface area contributed by atoms with E-state index in [1.54, 1.807) is 6.92 Å². The first-order valence-corrected chi connectivity index (χ1v) is 9.34. The molecule has 0 saturated heterocycles. The highest BCUT2D eigenvalue weighted by atomic mass is 16.4. The van der Waals surface area contributed by atoms with E-state index in [0.29, 0.717) is 17.8 Å². The molecule has 0 aromatic carbocycles. The molecule has 3 heteroatoms. The Kier molecular flexibility index (Phi) is 4.15. The van der Waals surface area contributed by atoms with Gasteiger partial charge in [0.2, 0.25) is 0 Å². The normalized spacial score (nSPS) is 42.2. The topological polar surface area (TPSA) is 57.5 Å². The van der Waals surface area contributed by atoms with Gasteiger partial charge in [-0.15, -0.1) is 0 Å². The molecule has 1 spiro atoms. The van der Waals surface area contributed by atoms with Crippen molar-refractivity contribution in [1.82, 2.24) is 0 Å². The van der Waals surface area contributed by atoms with Gasteiger partial charge in [-0.2, -0.15) is 0 Å². The second kappa shape index (κ2) is 5.61. The van der Waals surface area contributed by atoms with Gasteiger partial charge in [-0.25, -0.2) is 0 Å². The average molecular weight is 320 g/mol. The number of allylic oxidation sites excluding steroid dienone is 1. The fourth-order valence-corrected chi connectivity index (χ4v) is 6.15. The van der Waals surface area contributed by atoms with Crippen LogP contribution in [-0.4, -0.2) is 22.3 Å². The Labute approximate surface area is 140 Å². The third kappa shape index (κ3) is 2.38. The van der Waals surface area contributed by atoms with Crippen LogP contribution < -0.4 is 0 Å². The Balaban J connectivity index is 1.83. The standard InChI is InChI=1S/C20H32O3/c1-12(18(22)23)6-5-7-16-19(3,4)14-8-9-20(16)15(11-14)13(2)10-17(20)21/h11-14,16-17,21H,5-10H2,1-4H3,(H,22,23). The van der Waals surface area contributed by atoms with E-state index in [9.17, 15) is 9.90 Å². The van der Waals surface area contributed by atoms with Gasteiger partial charge < -0.3 is 10.2 Å². The van der Waals surface area contributed by atoms with Crippen LogP contribution in [0.3, 0.4) is 0 Å². The van der Waals surface area contributed by atoms with Crippen molar-refractivity contribution in [2.24, 2.45) is 34.5 Å². The van der Waals surface area contributed by atoms with Crippen LogP contribution in [0.1, 0.15) is 66.2 Å². The zero-order valence-corrected chi connectivity index (χ0v) is 15.0. The lowest BCUT2D eigenvalue weighted by molar-refractivity contribution is -0.141. The highest BCUT2D eigenvalue weighted by Gasteiger charge is 2.63. The van der Waals surface area contributed by atoms with Crippen molar-refractivity contribution in [3.05, 3.63) is 11.6 Å². The molecule has 0 amide bonds. The van der Waals surface area contributed by atoms with Crippen molar-refractivity contribution < 1.29 is 15.0 Å². The minimum atomic E-state index is -0.692. The maximum absolute atomic E-state index is 11.1. The van der Waals surface area contributed by atoms with Crippen LogP contribution in [-0.2, 0) is 4.79 Å². The molecular formula is C20H32O3. The van der Waals surface area contributed by atoms with Gasteiger partial charge in [0.1, 0.15) is 0 Å². The Morgan fingerprint density at radius 1 is 1.43 bits per heavy atom. The van der Waals surface area contributed by atoms with Crippen LogP contribution in [0.25, 0.3) is 0 Å². The number of aliphatic carboxylic acids is 1. The summed E-state index contributed by atoms with van der Waals surface area (Å²) in [5.41, 5.74) is 1.71. The molecule has 2 bridgehead atoms. The molecular weight excluding hydrogens is 288 g/mol. The van der Waals surface area contributed by atoms with Crippen molar-refractivity contribution in [2.45, 2.75) is 72.3 Å². The number of aliphatic hydroxyl groups is 1. The summed E-state index contributed by atoms with van der Waals surface area (Å²) >= 11 is 0. The van der Waals surface area contributed by atoms with E-state index in [2.05, 4.69) is 26.8 Å². The predicted octanol–water partition coefficient (Wildman–Crippen LogP) is 4.26. The van der Waals surface area contributed by atoms with Crippen LogP contribution in [0, 0.1) is 34.5 Å². The molecule has 2 N–H and O–H groups in total. The molecule has 4 aliphatic carbocycles. The fourth-order valence-electron chi connectivity index (χ4n) is 6.15. The zero-order valence-electron chi connectivity index (χ0n) is 15.0. The summed E-state index contributed by atoms with van der Waals surface area (Å²) in [6, 6.07) is 0. The minimum Gasteiger partial charge on any atom is -0.481 e. The Bertz CT molecular complexity index is 521. The summed E-state index contributed by atoms with van der Waals surface area (Å²) in [5.74, 6) is 0.648. The van der Waals surface area contributed by atoms with Gasteiger partial charge in [-0.3, -0.25) is 4.79 Å². The smallest absolute Gasteiger partial charge is 0.306 e. The van der Waals surface area contributed by atoms with Crippen LogP contribution >= 0.6 is 0 Å². The van der Waals surface area contributed by atoms with E-state index in [1.165, 1.54) is 12.0 Å². The number of carbonyl (C=O) groups is 1. The maximum atomic E-state index is 11.1. The zero-order chi connectivity index (χ0) is 17.0. The molecule has 0 aromatic rings. The van der Waals surface area contributed by atoms with Crippen LogP contribution in [0.2, 0.25) is 0 Å². The first-order valence-electron chi connectivity index (χ1n) is 9.34. The molecule has 2 saturated carbocycles. The molecule has 6 atom stereocenters. The third-order valence-electron chi connectivity index (χ3n) is 7.52. The Hall–Kier alpha value is -0.830. The number of hydrogen-bond donors (Lipinski definition) is 2. The third-order valence-corrected chi connectivity index (χ3v) is 7.52. The van der Waals surface area contributed by atoms with Gasteiger partial charge in [0.15, 0.2) is 0 Å². The van der Waals surface area contributed by atoms with Gasteiger partial charge in [0.05, 0.1) is 12.0 Å². The maximum Gasteiger partial charge on any atom is 0.306 e. The second-order valence-electron chi connectivity index (χ2n) is 9.00. The molecule has 130 valence electrons. The number of carboxylic acids is 1. The molecule has 0 heterocycles. The fraction of sp³-hybridized carbons (Fsp3) is 0.850. The van der Waals surface area contributed by atoms with Crippen molar-refractivity contribution >= 4 is 5.97 Å². The van der Waals surface area contributed by atoms with Crippen molar-refractivity contribution in [3.8, 4) is 0 Å². The van der Waals surface area contributed by atoms with E-state index in [4.69, 9.17) is 5.11 Å². The molecule has 0 aromatic heterocycles. The summed E-state index contributed by atoms with van der Waals surface area (Å²) in [7, 11) is 0. The molecule has 4 aliphatic rings. The van der Waals surface area contributed by atoms with E-state index >= 15 is 0 Å². The molecule has 3 nitrogen and oxygen atoms in total. The summed E-state index contributed by atoms with van der Waals surface area (Å²) in [6.45, 7) is 8.80. The SMILES string of the molecule is CC(CCCC1C(C)(C)C2C=C3C(C)CC(O)C31CC2)C(=O)O. The first-order chi connectivity index (χ1) is 10.7. The van der Waals surface area contributed by atoms with E-state index in [0.717, 1.165) is 32.1 Å². The number of rotatable bonds is 5. The van der Waals surface area contributed by atoms with Gasteiger partial charge in [0.25, 0.3) is 0 Å². The monoisotopic (exact) mass is 320 g/mol. The lowest BCUT2D eigenvalue weighted by atomic mass is 9.44. The summed E-state index contributed by atoms with van der Waals surface area (Å²) in [6.07, 6.45) is 8.24. The van der Waals surface area contributed by atoms with Gasteiger partial charge in [-0.1, -0.05) is 45.8 Å². The predicted molar refractivity (Wildman–Crippen MR) is 90.9 cm³/mol. The number of aliphatic hydroxyl groups excluding tert-OH is 1. The highest BCUT2D eigenvalue weighted by molar-refractivity contribution is 5.69. The highest BCUT2D eigenvalue weighted by Crippen LogP contribution is 2.69. The number of hydrogen-bond acceptors (Lipinski definition) is 2. The summed E-state index contributed by atoms with van der Waals surface area (Å²) in [4.78, 5) is 11.1. The second-order valence-corrected chi connectivity index (χ2v) is 9.00. The number of fused-ring (bicyclic) bond motifs is 2. The Morgan fingerprint density at radius 2 is 2.13 bits per heavy atom. The minimum absolute atomic E-state index is 0.0237. The molecule has 2 fully saturated rings. The van der Waals surface area contributed by atoms with Gasteiger partial charge in [-0.05, 0) is 55.3 Å². The molecule has 4 rings (SSSR count). The average Bonchev–Trinajstić information content (AvgIpc) is 2.73. The quantitative estimate of drug-likeness (QED) is 0.744. The summed E-state index contributed by atoms with van der Waals surface area (Å²) < 4.78 is 0. The lowest BCUT2D eigenvalue weighted by Crippen LogP contribution is -2.55. The number of carboxylic acid groups (broad SMARTS) is 1. The van der Waals surface area contributed by atoms with Crippen molar-refractivity contribution in [1.29, 1.82) is 0 Å². The van der Waals surface area contributed by atoms with Crippen LogP contribution in [0.4, 0.5) is 0 Å². The molecule has 23 heavy (non-hydrogen) atoms. The molecule has 0 radical (unpaired) electrons. The van der Waals surface area contributed by atoms with Gasteiger partial charge in [0, 0.05) is 5.41 Å². The van der Waals surface area contributed by atoms with E-state index in [-0.39, 0.29) is 22.9 Å². The molecule has 0 aliphatic heterocycles. The molecule has 6 unspecified atom stereocenters. The first kappa shape index (κ1) is 17.0. The summed E-state index contributed by atoms with van der Waals surface area (Å²) in [5, 5.41) is 20.0. The largest absolute Gasteiger partial charge is 0.481 e. The van der Waals surface area contributed by atoms with Crippen molar-refractivity contribution in [2.75, 3.05) is 0 Å².